The average Bonchev–Trinajstić information content (AvgIpc) is 3.09. The molecule has 0 aliphatic rings. The van der Waals surface area contributed by atoms with Crippen molar-refractivity contribution in [1.82, 2.24) is 9.97 Å². The molecular formula is C19H13BrN4OS. The van der Waals surface area contributed by atoms with Crippen molar-refractivity contribution in [3.05, 3.63) is 70.3 Å². The number of anilines is 1. The van der Waals surface area contributed by atoms with Crippen LogP contribution in [0.2, 0.25) is 0 Å². The summed E-state index contributed by atoms with van der Waals surface area (Å²) in [6.07, 6.45) is 3.08. The number of thiophene rings is 1. The molecule has 0 aliphatic carbocycles. The SMILES string of the molecule is Oc1cc(Br)ccc1/C=N/Nc1ncnc2scc(-c3ccccc3)c12. The number of hydrogen-bond donors (Lipinski definition) is 2. The maximum absolute atomic E-state index is 9.95. The van der Waals surface area contributed by atoms with Crippen molar-refractivity contribution in [1.29, 1.82) is 0 Å². The molecule has 0 spiro atoms. The summed E-state index contributed by atoms with van der Waals surface area (Å²) >= 11 is 4.89. The van der Waals surface area contributed by atoms with Gasteiger partial charge in [0, 0.05) is 21.0 Å². The van der Waals surface area contributed by atoms with Crippen LogP contribution in [-0.2, 0) is 0 Å². The van der Waals surface area contributed by atoms with Crippen LogP contribution in [0.1, 0.15) is 5.56 Å². The van der Waals surface area contributed by atoms with Crippen molar-refractivity contribution in [3.63, 3.8) is 0 Å². The number of phenolic OH excluding ortho intramolecular Hbond substituents is 1. The standard InChI is InChI=1S/C19H13BrN4OS/c20-14-7-6-13(16(25)8-14)9-23-24-18-17-15(12-4-2-1-3-5-12)10-26-19(17)22-11-21-18/h1-11,25H,(H,21,22,24)/b23-9+. The van der Waals surface area contributed by atoms with E-state index in [1.54, 1.807) is 29.7 Å². The highest BCUT2D eigenvalue weighted by Gasteiger charge is 2.12. The van der Waals surface area contributed by atoms with Crippen LogP contribution in [0.5, 0.6) is 5.75 Å². The van der Waals surface area contributed by atoms with Crippen LogP contribution in [-0.4, -0.2) is 21.3 Å². The Morgan fingerprint density at radius 3 is 2.77 bits per heavy atom. The molecule has 0 unspecified atom stereocenters. The number of phenols is 1. The van der Waals surface area contributed by atoms with E-state index in [9.17, 15) is 5.11 Å². The molecular weight excluding hydrogens is 412 g/mol. The van der Waals surface area contributed by atoms with Crippen molar-refractivity contribution in [2.45, 2.75) is 0 Å². The Bertz CT molecular complexity index is 1100. The molecule has 4 rings (SSSR count). The first-order valence-corrected chi connectivity index (χ1v) is 9.45. The van der Waals surface area contributed by atoms with E-state index in [0.29, 0.717) is 11.4 Å². The minimum Gasteiger partial charge on any atom is -0.507 e. The van der Waals surface area contributed by atoms with Gasteiger partial charge in [0.15, 0.2) is 5.82 Å². The molecule has 5 nitrogen and oxygen atoms in total. The molecule has 0 aliphatic heterocycles. The molecule has 7 heteroatoms. The van der Waals surface area contributed by atoms with Gasteiger partial charge in [-0.05, 0) is 23.8 Å². The summed E-state index contributed by atoms with van der Waals surface area (Å²) in [7, 11) is 0. The van der Waals surface area contributed by atoms with Crippen molar-refractivity contribution in [2.75, 3.05) is 5.43 Å². The highest BCUT2D eigenvalue weighted by molar-refractivity contribution is 9.10. The highest BCUT2D eigenvalue weighted by Crippen LogP contribution is 2.36. The molecule has 0 radical (unpaired) electrons. The summed E-state index contributed by atoms with van der Waals surface area (Å²) in [5.74, 6) is 0.779. The van der Waals surface area contributed by atoms with E-state index < -0.39 is 0 Å². The van der Waals surface area contributed by atoms with Gasteiger partial charge >= 0.3 is 0 Å². The number of benzene rings is 2. The molecule has 0 atom stereocenters. The second-order valence-corrected chi connectivity index (χ2v) is 7.26. The van der Waals surface area contributed by atoms with E-state index in [-0.39, 0.29) is 5.75 Å². The molecule has 0 fully saturated rings. The molecule has 26 heavy (non-hydrogen) atoms. The lowest BCUT2D eigenvalue weighted by atomic mass is 10.1. The highest BCUT2D eigenvalue weighted by atomic mass is 79.9. The fraction of sp³-hybridized carbons (Fsp3) is 0. The van der Waals surface area contributed by atoms with Gasteiger partial charge in [0.05, 0.1) is 11.6 Å². The van der Waals surface area contributed by atoms with Gasteiger partial charge in [-0.2, -0.15) is 5.10 Å². The summed E-state index contributed by atoms with van der Waals surface area (Å²) in [4.78, 5) is 9.57. The molecule has 2 aromatic carbocycles. The summed E-state index contributed by atoms with van der Waals surface area (Å²) in [6, 6.07) is 15.4. The van der Waals surface area contributed by atoms with Crippen molar-refractivity contribution >= 4 is 49.5 Å². The first kappa shape index (κ1) is 16.7. The Kier molecular flexibility index (Phi) is 4.64. The lowest BCUT2D eigenvalue weighted by molar-refractivity contribution is 0.474. The van der Waals surface area contributed by atoms with E-state index in [1.807, 2.05) is 24.3 Å². The minimum absolute atomic E-state index is 0.151. The Balaban J connectivity index is 1.68. The van der Waals surface area contributed by atoms with Crippen LogP contribution >= 0.6 is 27.3 Å². The summed E-state index contributed by atoms with van der Waals surface area (Å²) in [5.41, 5.74) is 5.76. The Hall–Kier alpha value is -2.77. The van der Waals surface area contributed by atoms with Crippen molar-refractivity contribution in [2.24, 2.45) is 5.10 Å². The molecule has 4 aromatic rings. The van der Waals surface area contributed by atoms with Gasteiger partial charge in [-0.1, -0.05) is 46.3 Å². The third-order valence-electron chi connectivity index (χ3n) is 3.82. The number of rotatable bonds is 4. The molecule has 128 valence electrons. The van der Waals surface area contributed by atoms with Gasteiger partial charge in [0.1, 0.15) is 16.9 Å². The van der Waals surface area contributed by atoms with Crippen LogP contribution < -0.4 is 5.43 Å². The molecule has 0 saturated carbocycles. The number of fused-ring (bicyclic) bond motifs is 1. The maximum Gasteiger partial charge on any atom is 0.159 e. The van der Waals surface area contributed by atoms with E-state index in [0.717, 1.165) is 25.8 Å². The van der Waals surface area contributed by atoms with Crippen molar-refractivity contribution < 1.29 is 5.11 Å². The Labute approximate surface area is 162 Å². The molecule has 2 aromatic heterocycles. The third-order valence-corrected chi connectivity index (χ3v) is 5.20. The molecule has 2 heterocycles. The number of hydrazone groups is 1. The van der Waals surface area contributed by atoms with Crippen molar-refractivity contribution in [3.8, 4) is 16.9 Å². The molecule has 0 bridgehead atoms. The summed E-state index contributed by atoms with van der Waals surface area (Å²) in [5, 5.41) is 17.2. The van der Waals surface area contributed by atoms with E-state index >= 15 is 0 Å². The van der Waals surface area contributed by atoms with Gasteiger partial charge in [0.25, 0.3) is 0 Å². The summed E-state index contributed by atoms with van der Waals surface area (Å²) in [6.45, 7) is 0. The van der Waals surface area contributed by atoms with Gasteiger partial charge in [0.2, 0.25) is 0 Å². The van der Waals surface area contributed by atoms with Gasteiger partial charge in [-0.25, -0.2) is 9.97 Å². The van der Waals surface area contributed by atoms with Crippen LogP contribution in [0.3, 0.4) is 0 Å². The number of aromatic hydroxyl groups is 1. The van der Waals surface area contributed by atoms with Crippen LogP contribution in [0.25, 0.3) is 21.3 Å². The second kappa shape index (κ2) is 7.23. The lowest BCUT2D eigenvalue weighted by Crippen LogP contribution is -1.95. The first-order chi connectivity index (χ1) is 12.7. The predicted molar refractivity (Wildman–Crippen MR) is 110 cm³/mol. The second-order valence-electron chi connectivity index (χ2n) is 5.49. The topological polar surface area (TPSA) is 70.4 Å². The zero-order chi connectivity index (χ0) is 17.9. The zero-order valence-electron chi connectivity index (χ0n) is 13.4. The quantitative estimate of drug-likeness (QED) is 0.345. The number of nitrogens with one attached hydrogen (secondary N) is 1. The van der Waals surface area contributed by atoms with Gasteiger partial charge in [-0.3, -0.25) is 5.43 Å². The van der Waals surface area contributed by atoms with Crippen LogP contribution in [0, 0.1) is 0 Å². The Morgan fingerprint density at radius 1 is 1.12 bits per heavy atom. The molecule has 0 amide bonds. The predicted octanol–water partition coefficient (Wildman–Crippen LogP) is 5.27. The normalized spacial score (nSPS) is 11.3. The van der Waals surface area contributed by atoms with E-state index in [2.05, 4.69) is 53.9 Å². The number of hydrogen-bond acceptors (Lipinski definition) is 6. The average molecular weight is 425 g/mol. The van der Waals surface area contributed by atoms with Crippen LogP contribution in [0.4, 0.5) is 5.82 Å². The fourth-order valence-corrected chi connectivity index (χ4v) is 3.84. The largest absolute Gasteiger partial charge is 0.507 e. The molecule has 0 saturated heterocycles. The van der Waals surface area contributed by atoms with E-state index in [4.69, 9.17) is 0 Å². The maximum atomic E-state index is 9.95. The number of aromatic nitrogens is 2. The van der Waals surface area contributed by atoms with Gasteiger partial charge < -0.3 is 5.11 Å². The van der Waals surface area contributed by atoms with Crippen LogP contribution in [0.15, 0.2) is 69.8 Å². The Morgan fingerprint density at radius 2 is 1.96 bits per heavy atom. The summed E-state index contributed by atoms with van der Waals surface area (Å²) < 4.78 is 0.809. The zero-order valence-corrected chi connectivity index (χ0v) is 15.8. The monoisotopic (exact) mass is 424 g/mol. The minimum atomic E-state index is 0.151. The smallest absolute Gasteiger partial charge is 0.159 e. The lowest BCUT2D eigenvalue weighted by Gasteiger charge is -2.05. The number of halogens is 1. The number of nitrogens with zero attached hydrogens (tertiary/aromatic N) is 3. The fourth-order valence-electron chi connectivity index (χ4n) is 2.58. The van der Waals surface area contributed by atoms with E-state index in [1.165, 1.54) is 6.33 Å². The third kappa shape index (κ3) is 3.31. The molecule has 2 N–H and O–H groups in total. The van der Waals surface area contributed by atoms with Gasteiger partial charge in [-0.15, -0.1) is 11.3 Å². The first-order valence-electron chi connectivity index (χ1n) is 7.77.